The maximum Gasteiger partial charge on any atom is 0.323 e. The first-order valence-electron chi connectivity index (χ1n) is 5.74. The van der Waals surface area contributed by atoms with E-state index in [1.807, 2.05) is 0 Å². The summed E-state index contributed by atoms with van der Waals surface area (Å²) in [5.41, 5.74) is 8.37. The van der Waals surface area contributed by atoms with Gasteiger partial charge in [-0.1, -0.05) is 13.8 Å². The molecule has 0 aliphatic heterocycles. The van der Waals surface area contributed by atoms with Gasteiger partial charge in [-0.25, -0.2) is 0 Å². The number of hydrogen-bond donors (Lipinski definition) is 0. The van der Waals surface area contributed by atoms with E-state index in [-0.39, 0.29) is 17.1 Å². The summed E-state index contributed by atoms with van der Waals surface area (Å²) in [5, 5.41) is 0. The molecule has 0 saturated heterocycles. The van der Waals surface area contributed by atoms with E-state index in [4.69, 9.17) is 10.3 Å². The molecule has 1 rings (SSSR count). The van der Waals surface area contributed by atoms with E-state index in [2.05, 4.69) is 18.6 Å². The third-order valence-corrected chi connectivity index (χ3v) is 3.95. The summed E-state index contributed by atoms with van der Waals surface area (Å²) in [7, 11) is 1.70. The Morgan fingerprint density at radius 2 is 2.25 bits per heavy atom. The molecule has 0 bridgehead atoms. The third-order valence-electron chi connectivity index (χ3n) is 3.95. The van der Waals surface area contributed by atoms with Gasteiger partial charge in [0.2, 0.25) is 5.78 Å². The van der Waals surface area contributed by atoms with Crippen molar-refractivity contribution in [2.24, 2.45) is 17.3 Å². The highest BCUT2D eigenvalue weighted by molar-refractivity contribution is 6.26. The molecule has 2 atom stereocenters. The van der Waals surface area contributed by atoms with Gasteiger partial charge in [-0.3, -0.25) is 4.79 Å². The summed E-state index contributed by atoms with van der Waals surface area (Å²) in [4.78, 5) is 14.6. The molecule has 0 aromatic heterocycles. The predicted octanol–water partition coefficient (Wildman–Crippen LogP) is 1.95. The molecule has 1 saturated carbocycles. The van der Waals surface area contributed by atoms with E-state index in [0.29, 0.717) is 5.92 Å². The molecule has 4 nitrogen and oxygen atoms in total. The molecule has 0 aromatic rings. The number of Topliss-reactive ketones (excluding diaryl/α,β-unsaturated/α-hetero) is 1. The Morgan fingerprint density at radius 3 is 2.81 bits per heavy atom. The average Bonchev–Trinajstić information content (AvgIpc) is 2.51. The SMILES string of the molecule is COCC[C@@H]1CC[C@H](C(=O)C=[N+]=[N-])C1(C)C. The smallest absolute Gasteiger partial charge is 0.323 e. The van der Waals surface area contributed by atoms with Crippen LogP contribution in [0.1, 0.15) is 33.1 Å². The van der Waals surface area contributed by atoms with Gasteiger partial charge >= 0.3 is 6.21 Å². The summed E-state index contributed by atoms with van der Waals surface area (Å²) in [5.74, 6) is 0.422. The highest BCUT2D eigenvalue weighted by Gasteiger charge is 2.46. The van der Waals surface area contributed by atoms with E-state index in [1.165, 1.54) is 0 Å². The van der Waals surface area contributed by atoms with Crippen molar-refractivity contribution in [3.05, 3.63) is 5.53 Å². The second-order valence-corrected chi connectivity index (χ2v) is 5.08. The van der Waals surface area contributed by atoms with Crippen LogP contribution in [-0.4, -0.2) is 30.5 Å². The Balaban J connectivity index is 2.70. The Kier molecular flexibility index (Phi) is 4.39. The second-order valence-electron chi connectivity index (χ2n) is 5.08. The lowest BCUT2D eigenvalue weighted by molar-refractivity contribution is -0.122. The molecule has 0 amide bonds. The topological polar surface area (TPSA) is 62.7 Å². The summed E-state index contributed by atoms with van der Waals surface area (Å²) in [6, 6.07) is 0. The maximum atomic E-state index is 11.7. The van der Waals surface area contributed by atoms with Gasteiger partial charge in [-0.2, -0.15) is 4.79 Å². The van der Waals surface area contributed by atoms with Crippen LogP contribution in [0.15, 0.2) is 0 Å². The van der Waals surface area contributed by atoms with Gasteiger partial charge in [0.05, 0.1) is 0 Å². The quantitative estimate of drug-likeness (QED) is 0.407. The number of rotatable bonds is 5. The molecule has 0 N–H and O–H groups in total. The lowest BCUT2D eigenvalue weighted by atomic mass is 9.73. The minimum atomic E-state index is -0.0626. The van der Waals surface area contributed by atoms with Gasteiger partial charge in [-0.15, -0.1) is 0 Å². The van der Waals surface area contributed by atoms with Crippen LogP contribution in [0.25, 0.3) is 5.53 Å². The lowest BCUT2D eigenvalue weighted by Crippen LogP contribution is -2.31. The normalized spacial score (nSPS) is 27.4. The molecular weight excluding hydrogens is 204 g/mol. The highest BCUT2D eigenvalue weighted by Crippen LogP contribution is 2.48. The molecule has 0 unspecified atom stereocenters. The Hall–Kier alpha value is -0.990. The predicted molar refractivity (Wildman–Crippen MR) is 61.2 cm³/mol. The van der Waals surface area contributed by atoms with Gasteiger partial charge in [0.15, 0.2) is 0 Å². The van der Waals surface area contributed by atoms with E-state index in [0.717, 1.165) is 32.1 Å². The summed E-state index contributed by atoms with van der Waals surface area (Å²) in [6.07, 6.45) is 3.95. The number of carbonyl (C=O) groups excluding carboxylic acids is 1. The third kappa shape index (κ3) is 2.57. The zero-order valence-electron chi connectivity index (χ0n) is 10.3. The largest absolute Gasteiger partial charge is 0.385 e. The van der Waals surface area contributed by atoms with Gasteiger partial charge in [-0.05, 0) is 30.6 Å². The Labute approximate surface area is 96.6 Å². The van der Waals surface area contributed by atoms with Crippen molar-refractivity contribution in [1.82, 2.24) is 0 Å². The summed E-state index contributed by atoms with van der Waals surface area (Å²) >= 11 is 0. The van der Waals surface area contributed by atoms with Crippen molar-refractivity contribution in [1.29, 1.82) is 0 Å². The first kappa shape index (κ1) is 13.1. The molecule has 0 radical (unpaired) electrons. The van der Waals surface area contributed by atoms with Crippen LogP contribution in [0.2, 0.25) is 0 Å². The van der Waals surface area contributed by atoms with Crippen LogP contribution >= 0.6 is 0 Å². The van der Waals surface area contributed by atoms with E-state index in [9.17, 15) is 4.79 Å². The number of ether oxygens (including phenoxy) is 1. The number of ketones is 1. The van der Waals surface area contributed by atoms with Crippen molar-refractivity contribution < 1.29 is 14.3 Å². The fourth-order valence-corrected chi connectivity index (χ4v) is 2.83. The molecule has 0 aromatic carbocycles. The molecule has 4 heteroatoms. The van der Waals surface area contributed by atoms with Gasteiger partial charge < -0.3 is 10.3 Å². The second kappa shape index (κ2) is 5.37. The molecule has 90 valence electrons. The van der Waals surface area contributed by atoms with E-state index < -0.39 is 0 Å². The Morgan fingerprint density at radius 1 is 1.56 bits per heavy atom. The molecule has 1 aliphatic carbocycles. The van der Waals surface area contributed by atoms with E-state index >= 15 is 0 Å². The van der Waals surface area contributed by atoms with Gasteiger partial charge in [0.25, 0.3) is 0 Å². The van der Waals surface area contributed by atoms with Crippen LogP contribution in [0.3, 0.4) is 0 Å². The van der Waals surface area contributed by atoms with Crippen molar-refractivity contribution in [3.8, 4) is 0 Å². The van der Waals surface area contributed by atoms with Crippen LogP contribution in [-0.2, 0) is 9.53 Å². The standard InChI is InChI=1S/C12H20N2O2/c1-12(2)9(6-7-16-3)4-5-10(12)11(15)8-14-13/h8-10H,4-7H2,1-3H3/t9-,10+/m0/s1. The summed E-state index contributed by atoms with van der Waals surface area (Å²) in [6.45, 7) is 4.98. The first-order chi connectivity index (χ1) is 7.54. The minimum absolute atomic E-state index is 0.0229. The van der Waals surface area contributed by atoms with Crippen molar-refractivity contribution in [3.63, 3.8) is 0 Å². The van der Waals surface area contributed by atoms with Crippen molar-refractivity contribution in [2.45, 2.75) is 33.1 Å². The van der Waals surface area contributed by atoms with Gasteiger partial charge in [0.1, 0.15) is 0 Å². The lowest BCUT2D eigenvalue weighted by Gasteiger charge is -2.31. The van der Waals surface area contributed by atoms with Crippen molar-refractivity contribution >= 4 is 12.0 Å². The molecule has 0 heterocycles. The molecule has 1 fully saturated rings. The van der Waals surface area contributed by atoms with Crippen LogP contribution in [0.4, 0.5) is 0 Å². The van der Waals surface area contributed by atoms with Crippen LogP contribution < -0.4 is 0 Å². The Bertz CT molecular complexity index is 306. The fourth-order valence-electron chi connectivity index (χ4n) is 2.83. The highest BCUT2D eigenvalue weighted by atomic mass is 16.5. The number of methoxy groups -OCH3 is 1. The number of hydrogen-bond acceptors (Lipinski definition) is 2. The maximum absolute atomic E-state index is 11.7. The molecule has 16 heavy (non-hydrogen) atoms. The minimum Gasteiger partial charge on any atom is -0.385 e. The van der Waals surface area contributed by atoms with E-state index in [1.54, 1.807) is 7.11 Å². The zero-order chi connectivity index (χ0) is 12.2. The fraction of sp³-hybridized carbons (Fsp3) is 0.833. The van der Waals surface area contributed by atoms with Crippen LogP contribution in [0, 0.1) is 17.3 Å². The van der Waals surface area contributed by atoms with Gasteiger partial charge in [0, 0.05) is 19.6 Å². The summed E-state index contributed by atoms with van der Waals surface area (Å²) < 4.78 is 5.09. The molecular formula is C12H20N2O2. The van der Waals surface area contributed by atoms with Crippen LogP contribution in [0.5, 0.6) is 0 Å². The number of nitrogens with zero attached hydrogens (tertiary/aromatic N) is 2. The zero-order valence-corrected chi connectivity index (χ0v) is 10.3. The molecule has 1 aliphatic rings. The first-order valence-corrected chi connectivity index (χ1v) is 5.74. The number of carbonyl (C=O) groups is 1. The van der Waals surface area contributed by atoms with Crippen molar-refractivity contribution in [2.75, 3.05) is 13.7 Å². The monoisotopic (exact) mass is 224 g/mol. The average molecular weight is 224 g/mol. The molecule has 0 spiro atoms.